The van der Waals surface area contributed by atoms with E-state index in [2.05, 4.69) is 0 Å². The van der Waals surface area contributed by atoms with E-state index in [4.69, 9.17) is 14.6 Å². The van der Waals surface area contributed by atoms with Gasteiger partial charge in [-0.25, -0.2) is 0 Å². The van der Waals surface area contributed by atoms with Gasteiger partial charge in [0.1, 0.15) is 6.54 Å². The van der Waals surface area contributed by atoms with Crippen molar-refractivity contribution >= 4 is 11.9 Å². The molecule has 1 aromatic rings. The van der Waals surface area contributed by atoms with Gasteiger partial charge in [-0.1, -0.05) is 6.07 Å². The van der Waals surface area contributed by atoms with Crippen LogP contribution in [0.1, 0.15) is 21.5 Å². The summed E-state index contributed by atoms with van der Waals surface area (Å²) in [6.07, 6.45) is 0. The van der Waals surface area contributed by atoms with Gasteiger partial charge in [0, 0.05) is 19.2 Å². The van der Waals surface area contributed by atoms with Crippen molar-refractivity contribution in [1.82, 2.24) is 4.90 Å². The number of ether oxygens (including phenoxy) is 2. The first-order valence-electron chi connectivity index (χ1n) is 6.31. The number of fused-ring (bicyclic) bond motifs is 1. The molecule has 1 N–H and O–H groups in total. The largest absolute Gasteiger partial charge is 0.480 e. The van der Waals surface area contributed by atoms with Crippen LogP contribution in [0.4, 0.5) is 0 Å². The first kappa shape index (κ1) is 14.5. The molecule has 0 atom stereocenters. The molecule has 108 valence electrons. The van der Waals surface area contributed by atoms with Gasteiger partial charge in [0.05, 0.1) is 19.8 Å². The number of rotatable bonds is 6. The van der Waals surface area contributed by atoms with Crippen LogP contribution in [0.5, 0.6) is 0 Å². The van der Waals surface area contributed by atoms with E-state index in [-0.39, 0.29) is 19.0 Å². The van der Waals surface area contributed by atoms with Crippen molar-refractivity contribution in [3.63, 3.8) is 0 Å². The van der Waals surface area contributed by atoms with E-state index in [0.717, 1.165) is 11.1 Å². The second kappa shape index (κ2) is 6.49. The average molecular weight is 279 g/mol. The van der Waals surface area contributed by atoms with E-state index >= 15 is 0 Å². The van der Waals surface area contributed by atoms with Gasteiger partial charge in [0.15, 0.2) is 0 Å². The topological polar surface area (TPSA) is 76.1 Å². The fourth-order valence-corrected chi connectivity index (χ4v) is 2.10. The van der Waals surface area contributed by atoms with E-state index in [1.807, 2.05) is 6.07 Å². The maximum Gasteiger partial charge on any atom is 0.323 e. The molecule has 1 heterocycles. The van der Waals surface area contributed by atoms with Crippen LogP contribution in [0, 0.1) is 0 Å². The lowest BCUT2D eigenvalue weighted by Crippen LogP contribution is -2.38. The molecule has 1 aliphatic rings. The third-order valence-corrected chi connectivity index (χ3v) is 3.15. The lowest BCUT2D eigenvalue weighted by atomic mass is 10.1. The second-order valence-electron chi connectivity index (χ2n) is 4.59. The number of carboxylic acids is 1. The summed E-state index contributed by atoms with van der Waals surface area (Å²) >= 11 is 0. The van der Waals surface area contributed by atoms with Crippen molar-refractivity contribution in [1.29, 1.82) is 0 Å². The standard InChI is InChI=1S/C14H17NO5/c1-19-5-4-15(7-13(16)17)14(18)10-2-3-11-8-20-9-12(11)6-10/h2-3,6H,4-5,7-9H2,1H3,(H,16,17). The third-order valence-electron chi connectivity index (χ3n) is 3.15. The normalized spacial score (nSPS) is 13.1. The minimum absolute atomic E-state index is 0.245. The van der Waals surface area contributed by atoms with Crippen molar-refractivity contribution in [2.45, 2.75) is 13.2 Å². The molecule has 0 spiro atoms. The molecule has 0 unspecified atom stereocenters. The van der Waals surface area contributed by atoms with Crippen molar-refractivity contribution in [3.8, 4) is 0 Å². The molecule has 2 rings (SSSR count). The molecule has 1 aromatic carbocycles. The summed E-state index contributed by atoms with van der Waals surface area (Å²) in [5, 5.41) is 8.88. The smallest absolute Gasteiger partial charge is 0.323 e. The van der Waals surface area contributed by atoms with Gasteiger partial charge >= 0.3 is 5.97 Å². The maximum absolute atomic E-state index is 12.4. The van der Waals surface area contributed by atoms with Gasteiger partial charge in [-0.15, -0.1) is 0 Å². The predicted octanol–water partition coefficient (Wildman–Crippen LogP) is 0.890. The molecule has 6 nitrogen and oxygen atoms in total. The van der Waals surface area contributed by atoms with E-state index in [1.54, 1.807) is 12.1 Å². The van der Waals surface area contributed by atoms with E-state index in [1.165, 1.54) is 12.0 Å². The summed E-state index contributed by atoms with van der Waals surface area (Å²) in [6, 6.07) is 5.33. The zero-order valence-electron chi connectivity index (χ0n) is 11.3. The van der Waals surface area contributed by atoms with Crippen LogP contribution in [0.25, 0.3) is 0 Å². The summed E-state index contributed by atoms with van der Waals surface area (Å²) in [5.74, 6) is -1.35. The van der Waals surface area contributed by atoms with E-state index in [9.17, 15) is 9.59 Å². The number of aliphatic carboxylic acids is 1. The van der Waals surface area contributed by atoms with Gasteiger partial charge in [0.25, 0.3) is 5.91 Å². The minimum atomic E-state index is -1.04. The Morgan fingerprint density at radius 1 is 1.35 bits per heavy atom. The Kier molecular flexibility index (Phi) is 4.70. The lowest BCUT2D eigenvalue weighted by molar-refractivity contribution is -0.137. The summed E-state index contributed by atoms with van der Waals surface area (Å²) in [7, 11) is 1.51. The molecular weight excluding hydrogens is 262 g/mol. The van der Waals surface area contributed by atoms with Crippen LogP contribution < -0.4 is 0 Å². The lowest BCUT2D eigenvalue weighted by Gasteiger charge is -2.20. The highest BCUT2D eigenvalue weighted by molar-refractivity contribution is 5.96. The van der Waals surface area contributed by atoms with E-state index in [0.29, 0.717) is 25.4 Å². The highest BCUT2D eigenvalue weighted by Gasteiger charge is 2.20. The fraction of sp³-hybridized carbons (Fsp3) is 0.429. The summed E-state index contributed by atoms with van der Waals surface area (Å²) < 4.78 is 10.2. The number of amides is 1. The number of methoxy groups -OCH3 is 1. The number of benzene rings is 1. The zero-order chi connectivity index (χ0) is 14.5. The van der Waals surface area contributed by atoms with E-state index < -0.39 is 5.97 Å². The molecule has 0 aliphatic carbocycles. The van der Waals surface area contributed by atoms with Gasteiger partial charge < -0.3 is 19.5 Å². The number of carbonyl (C=O) groups excluding carboxylic acids is 1. The molecule has 0 bridgehead atoms. The van der Waals surface area contributed by atoms with Crippen molar-refractivity contribution in [2.75, 3.05) is 26.8 Å². The first-order chi connectivity index (χ1) is 9.61. The van der Waals surface area contributed by atoms with Crippen molar-refractivity contribution in [2.24, 2.45) is 0 Å². The average Bonchev–Trinajstić information content (AvgIpc) is 2.89. The van der Waals surface area contributed by atoms with Crippen molar-refractivity contribution < 1.29 is 24.2 Å². The molecule has 0 fully saturated rings. The van der Waals surface area contributed by atoms with Crippen LogP contribution in [-0.4, -0.2) is 48.7 Å². The monoisotopic (exact) mass is 279 g/mol. The SMILES string of the molecule is COCCN(CC(=O)O)C(=O)c1ccc2c(c1)COC2. The highest BCUT2D eigenvalue weighted by atomic mass is 16.5. The summed E-state index contributed by atoms with van der Waals surface area (Å²) in [4.78, 5) is 24.5. The number of carboxylic acid groups (broad SMARTS) is 1. The zero-order valence-corrected chi connectivity index (χ0v) is 11.3. The highest BCUT2D eigenvalue weighted by Crippen LogP contribution is 2.21. The minimum Gasteiger partial charge on any atom is -0.480 e. The molecular formula is C14H17NO5. The molecule has 0 saturated heterocycles. The predicted molar refractivity (Wildman–Crippen MR) is 70.4 cm³/mol. The summed E-state index contributed by atoms with van der Waals surface area (Å²) in [5.41, 5.74) is 2.53. The molecule has 0 saturated carbocycles. The van der Waals surface area contributed by atoms with Crippen LogP contribution >= 0.6 is 0 Å². The van der Waals surface area contributed by atoms with Gasteiger partial charge in [-0.2, -0.15) is 0 Å². The molecule has 0 radical (unpaired) electrons. The molecule has 0 aromatic heterocycles. The molecule has 1 aliphatic heterocycles. The van der Waals surface area contributed by atoms with Crippen LogP contribution in [0.2, 0.25) is 0 Å². The molecule has 20 heavy (non-hydrogen) atoms. The second-order valence-corrected chi connectivity index (χ2v) is 4.59. The first-order valence-corrected chi connectivity index (χ1v) is 6.31. The van der Waals surface area contributed by atoms with Gasteiger partial charge in [-0.3, -0.25) is 9.59 Å². The Morgan fingerprint density at radius 3 is 2.80 bits per heavy atom. The number of hydrogen-bond acceptors (Lipinski definition) is 4. The fourth-order valence-electron chi connectivity index (χ4n) is 2.10. The van der Waals surface area contributed by atoms with Crippen LogP contribution in [0.3, 0.4) is 0 Å². The van der Waals surface area contributed by atoms with Gasteiger partial charge in [-0.05, 0) is 23.3 Å². The maximum atomic E-state index is 12.4. The van der Waals surface area contributed by atoms with Crippen LogP contribution in [-0.2, 0) is 27.5 Å². The summed E-state index contributed by atoms with van der Waals surface area (Å²) in [6.45, 7) is 1.26. The number of carbonyl (C=O) groups is 2. The third kappa shape index (κ3) is 3.34. The Hall–Kier alpha value is -1.92. The van der Waals surface area contributed by atoms with Gasteiger partial charge in [0.2, 0.25) is 0 Å². The molecule has 1 amide bonds. The number of hydrogen-bond donors (Lipinski definition) is 1. The quantitative estimate of drug-likeness (QED) is 0.837. The van der Waals surface area contributed by atoms with Crippen LogP contribution in [0.15, 0.2) is 18.2 Å². The van der Waals surface area contributed by atoms with Crippen molar-refractivity contribution in [3.05, 3.63) is 34.9 Å². The Labute approximate surface area is 116 Å². The Morgan fingerprint density at radius 2 is 2.10 bits per heavy atom. The molecule has 6 heteroatoms. The number of nitrogens with zero attached hydrogens (tertiary/aromatic N) is 1. The Balaban J connectivity index is 2.15. The Bertz CT molecular complexity index is 514.